The van der Waals surface area contributed by atoms with Crippen LogP contribution in [0.2, 0.25) is 0 Å². The number of nitrogens with zero attached hydrogens (tertiary/aromatic N) is 3. The van der Waals surface area contributed by atoms with Gasteiger partial charge in [-0.3, -0.25) is 14.2 Å². The summed E-state index contributed by atoms with van der Waals surface area (Å²) in [6.07, 6.45) is 3.41. The van der Waals surface area contributed by atoms with Crippen molar-refractivity contribution in [2.45, 2.75) is 33.9 Å². The number of rotatable bonds is 5. The largest absolute Gasteiger partial charge is 0.332 e. The van der Waals surface area contributed by atoms with E-state index in [0.717, 1.165) is 27.9 Å². The summed E-state index contributed by atoms with van der Waals surface area (Å²) in [6, 6.07) is 15.6. The number of carbonyl (C=O) groups is 1. The van der Waals surface area contributed by atoms with Crippen molar-refractivity contribution in [3.05, 3.63) is 82.5 Å². The maximum atomic E-state index is 13.0. The van der Waals surface area contributed by atoms with Crippen LogP contribution in [0.5, 0.6) is 0 Å². The van der Waals surface area contributed by atoms with Crippen LogP contribution in [0.4, 0.5) is 5.69 Å². The Morgan fingerprint density at radius 3 is 2.53 bits per heavy atom. The van der Waals surface area contributed by atoms with Crippen LogP contribution >= 0.6 is 0 Å². The molecule has 1 N–H and O–H groups in total. The van der Waals surface area contributed by atoms with Crippen molar-refractivity contribution >= 4 is 22.6 Å². The van der Waals surface area contributed by atoms with Gasteiger partial charge in [0.05, 0.1) is 6.33 Å². The van der Waals surface area contributed by atoms with Gasteiger partial charge in [0.2, 0.25) is 5.91 Å². The first-order valence-corrected chi connectivity index (χ1v) is 9.99. The Hall–Kier alpha value is -3.67. The van der Waals surface area contributed by atoms with E-state index in [-0.39, 0.29) is 18.0 Å². The number of hydrogen-bond donors (Lipinski definition) is 1. The lowest BCUT2D eigenvalue weighted by molar-refractivity contribution is -0.116. The number of anilines is 1. The molecular weight excluding hydrogens is 376 g/mol. The molecule has 0 aliphatic rings. The maximum absolute atomic E-state index is 13.0. The molecule has 0 radical (unpaired) electrons. The summed E-state index contributed by atoms with van der Waals surface area (Å²) in [5.41, 5.74) is 5.62. The first-order chi connectivity index (χ1) is 14.5. The lowest BCUT2D eigenvalue weighted by atomic mass is 10.1. The fraction of sp³-hybridized carbons (Fsp3) is 0.208. The summed E-state index contributed by atoms with van der Waals surface area (Å²) in [5.74, 6) is -0.188. The van der Waals surface area contributed by atoms with Gasteiger partial charge in [-0.25, -0.2) is 4.98 Å². The molecule has 0 atom stereocenters. The number of fused-ring (bicyclic) bond motifs is 1. The highest BCUT2D eigenvalue weighted by Crippen LogP contribution is 2.27. The number of nitrogens with one attached hydrogen (secondary N) is 1. The van der Waals surface area contributed by atoms with Crippen molar-refractivity contribution in [2.24, 2.45) is 0 Å². The van der Waals surface area contributed by atoms with Crippen molar-refractivity contribution in [3.63, 3.8) is 0 Å². The van der Waals surface area contributed by atoms with Crippen molar-refractivity contribution in [3.8, 4) is 11.1 Å². The first-order valence-electron chi connectivity index (χ1n) is 9.99. The standard InChI is InChI=1S/C24H24N4O2/c1-4-27-15-25-22-19(18-10-6-5-7-11-18)13-28(23(22)24(27)30)14-21(29)26-20-12-8-9-16(2)17(20)3/h5-13,15H,4,14H2,1-3H3,(H,26,29). The van der Waals surface area contributed by atoms with Crippen molar-refractivity contribution in [1.29, 1.82) is 0 Å². The molecule has 0 saturated heterocycles. The molecule has 0 bridgehead atoms. The SMILES string of the molecule is CCn1cnc2c(-c3ccccc3)cn(CC(=O)Nc3cccc(C)c3C)c2c1=O. The van der Waals surface area contributed by atoms with E-state index in [9.17, 15) is 9.59 Å². The fourth-order valence-electron chi connectivity index (χ4n) is 3.63. The van der Waals surface area contributed by atoms with Crippen molar-refractivity contribution < 1.29 is 4.79 Å². The molecule has 0 aliphatic carbocycles. The first kappa shape index (κ1) is 19.6. The summed E-state index contributed by atoms with van der Waals surface area (Å²) in [4.78, 5) is 30.4. The second-order valence-electron chi connectivity index (χ2n) is 7.37. The molecule has 0 saturated carbocycles. The van der Waals surface area contributed by atoms with Gasteiger partial charge >= 0.3 is 0 Å². The van der Waals surface area contributed by atoms with Crippen LogP contribution in [0.1, 0.15) is 18.1 Å². The lowest BCUT2D eigenvalue weighted by Crippen LogP contribution is -2.24. The molecule has 2 heterocycles. The number of aromatic nitrogens is 3. The Kier molecular flexibility index (Phi) is 5.23. The second-order valence-corrected chi connectivity index (χ2v) is 7.37. The minimum atomic E-state index is -0.188. The van der Waals surface area contributed by atoms with Gasteiger partial charge in [-0.2, -0.15) is 0 Å². The molecule has 0 fully saturated rings. The molecule has 0 spiro atoms. The van der Waals surface area contributed by atoms with E-state index in [4.69, 9.17) is 0 Å². The van der Waals surface area contributed by atoms with Gasteiger partial charge in [0, 0.05) is 24.0 Å². The van der Waals surface area contributed by atoms with Crippen LogP contribution < -0.4 is 10.9 Å². The smallest absolute Gasteiger partial charge is 0.277 e. The van der Waals surface area contributed by atoms with Crippen LogP contribution in [-0.4, -0.2) is 20.0 Å². The Bertz CT molecular complexity index is 1290. The lowest BCUT2D eigenvalue weighted by Gasteiger charge is -2.11. The van der Waals surface area contributed by atoms with E-state index in [1.807, 2.05) is 75.5 Å². The van der Waals surface area contributed by atoms with Crippen LogP contribution in [0.3, 0.4) is 0 Å². The van der Waals surface area contributed by atoms with E-state index in [2.05, 4.69) is 10.3 Å². The third kappa shape index (κ3) is 3.52. The van der Waals surface area contributed by atoms with Crippen LogP contribution in [0.25, 0.3) is 22.2 Å². The average molecular weight is 400 g/mol. The minimum absolute atomic E-state index is 0.0291. The summed E-state index contributed by atoms with van der Waals surface area (Å²) < 4.78 is 3.26. The highest BCUT2D eigenvalue weighted by molar-refractivity contribution is 5.96. The molecular formula is C24H24N4O2. The Morgan fingerprint density at radius 2 is 1.80 bits per heavy atom. The van der Waals surface area contributed by atoms with Crippen LogP contribution in [0.15, 0.2) is 65.8 Å². The number of hydrogen-bond acceptors (Lipinski definition) is 3. The molecule has 0 unspecified atom stereocenters. The summed E-state index contributed by atoms with van der Waals surface area (Å²) in [7, 11) is 0. The topological polar surface area (TPSA) is 68.9 Å². The monoisotopic (exact) mass is 400 g/mol. The Balaban J connectivity index is 1.77. The zero-order valence-electron chi connectivity index (χ0n) is 17.3. The molecule has 152 valence electrons. The Morgan fingerprint density at radius 1 is 1.03 bits per heavy atom. The van der Waals surface area contributed by atoms with Crippen molar-refractivity contribution in [1.82, 2.24) is 14.1 Å². The molecule has 6 heteroatoms. The molecule has 6 nitrogen and oxygen atoms in total. The van der Waals surface area contributed by atoms with Gasteiger partial charge in [-0.15, -0.1) is 0 Å². The zero-order chi connectivity index (χ0) is 21.3. The van der Waals surface area contributed by atoms with Gasteiger partial charge in [-0.1, -0.05) is 42.5 Å². The minimum Gasteiger partial charge on any atom is -0.332 e. The van der Waals surface area contributed by atoms with Crippen molar-refractivity contribution in [2.75, 3.05) is 5.32 Å². The van der Waals surface area contributed by atoms with E-state index >= 15 is 0 Å². The summed E-state index contributed by atoms with van der Waals surface area (Å²) in [6.45, 7) is 6.43. The molecule has 2 aromatic carbocycles. The molecule has 0 aliphatic heterocycles. The van der Waals surface area contributed by atoms with E-state index in [1.54, 1.807) is 15.5 Å². The molecule has 30 heavy (non-hydrogen) atoms. The predicted molar refractivity (Wildman–Crippen MR) is 120 cm³/mol. The molecule has 2 aromatic heterocycles. The van der Waals surface area contributed by atoms with Crippen LogP contribution in [0, 0.1) is 13.8 Å². The Labute approximate surface area is 174 Å². The number of amides is 1. The van der Waals surface area contributed by atoms with Gasteiger partial charge in [0.1, 0.15) is 17.6 Å². The van der Waals surface area contributed by atoms with Gasteiger partial charge < -0.3 is 9.88 Å². The number of carbonyl (C=O) groups excluding carboxylic acids is 1. The highest BCUT2D eigenvalue weighted by Gasteiger charge is 2.18. The maximum Gasteiger partial charge on any atom is 0.277 e. The van der Waals surface area contributed by atoms with E-state index in [0.29, 0.717) is 17.6 Å². The van der Waals surface area contributed by atoms with E-state index in [1.165, 1.54) is 0 Å². The van der Waals surface area contributed by atoms with Gasteiger partial charge in [-0.05, 0) is 43.5 Å². The fourth-order valence-corrected chi connectivity index (χ4v) is 3.63. The quantitative estimate of drug-likeness (QED) is 0.547. The average Bonchev–Trinajstić information content (AvgIpc) is 3.11. The van der Waals surface area contributed by atoms with Gasteiger partial charge in [0.25, 0.3) is 5.56 Å². The van der Waals surface area contributed by atoms with Crippen LogP contribution in [-0.2, 0) is 17.9 Å². The third-order valence-electron chi connectivity index (χ3n) is 5.46. The summed E-state index contributed by atoms with van der Waals surface area (Å²) in [5, 5.41) is 2.97. The number of aryl methyl sites for hydroxylation is 2. The zero-order valence-corrected chi connectivity index (χ0v) is 17.3. The number of benzene rings is 2. The molecule has 1 amide bonds. The van der Waals surface area contributed by atoms with E-state index < -0.39 is 0 Å². The normalized spacial score (nSPS) is 11.0. The highest BCUT2D eigenvalue weighted by atomic mass is 16.2. The second kappa shape index (κ2) is 7.99. The molecule has 4 aromatic rings. The van der Waals surface area contributed by atoms with Gasteiger partial charge in [0.15, 0.2) is 0 Å². The third-order valence-corrected chi connectivity index (χ3v) is 5.46. The molecule has 4 rings (SSSR count). The summed E-state index contributed by atoms with van der Waals surface area (Å²) >= 11 is 0. The predicted octanol–water partition coefficient (Wildman–Crippen LogP) is 4.14.